The van der Waals surface area contributed by atoms with Crippen LogP contribution in [0.25, 0.3) is 0 Å². The Morgan fingerprint density at radius 2 is 0.840 bits per heavy atom. The molecule has 0 radical (unpaired) electrons. The minimum Gasteiger partial charge on any atom is -0.394 e. The Hall–Kier alpha value is -2.63. The predicted octanol–water partition coefficient (Wildman–Crippen LogP) is 16.2. The number of amides is 1. The fourth-order valence-electron chi connectivity index (χ4n) is 9.53. The number of rotatable bonds is 53. The van der Waals surface area contributed by atoms with E-state index in [0.717, 1.165) is 70.6 Å². The van der Waals surface area contributed by atoms with Crippen molar-refractivity contribution in [3.8, 4) is 0 Å². The number of hydrogen-bond donors (Lipinski definition) is 6. The third kappa shape index (κ3) is 44.0. The second-order valence-corrected chi connectivity index (χ2v) is 21.4. The zero-order valence-corrected chi connectivity index (χ0v) is 48.3. The summed E-state index contributed by atoms with van der Waals surface area (Å²) in [4.78, 5) is 13.1. The molecule has 0 aromatic heterocycles. The molecule has 434 valence electrons. The third-order valence-corrected chi connectivity index (χ3v) is 14.4. The number of aliphatic hydroxyl groups is 5. The molecule has 1 fully saturated rings. The van der Waals surface area contributed by atoms with Gasteiger partial charge in [-0.05, 0) is 83.5 Å². The molecule has 0 aromatic carbocycles. The molecule has 9 nitrogen and oxygen atoms in total. The minimum absolute atomic E-state index is 0.189. The molecule has 7 unspecified atom stereocenters. The molecule has 0 aliphatic carbocycles. The van der Waals surface area contributed by atoms with Crippen molar-refractivity contribution in [1.82, 2.24) is 5.32 Å². The van der Waals surface area contributed by atoms with Gasteiger partial charge in [-0.15, -0.1) is 0 Å². The molecular weight excluding hydrogens is 935 g/mol. The molecule has 0 spiro atoms. The maximum absolute atomic E-state index is 13.1. The predicted molar refractivity (Wildman–Crippen MR) is 318 cm³/mol. The second-order valence-electron chi connectivity index (χ2n) is 21.4. The second kappa shape index (κ2) is 54.7. The lowest BCUT2D eigenvalue weighted by Crippen LogP contribution is -2.60. The lowest BCUT2D eigenvalue weighted by Gasteiger charge is -2.40. The molecule has 1 saturated heterocycles. The average Bonchev–Trinajstić information content (AvgIpc) is 3.41. The fraction of sp³-hybridized carbons (Fsp3) is 0.773. The Labute approximate surface area is 461 Å². The molecule has 1 amide bonds. The number of allylic oxidation sites excluding steroid dienone is 13. The molecule has 7 atom stereocenters. The number of carbonyl (C=O) groups excluding carboxylic acids is 1. The number of nitrogens with one attached hydrogen (secondary N) is 1. The van der Waals surface area contributed by atoms with Gasteiger partial charge in [-0.3, -0.25) is 4.79 Å². The summed E-state index contributed by atoms with van der Waals surface area (Å²) in [5, 5.41) is 54.5. The Bertz CT molecular complexity index is 1450. The maximum atomic E-state index is 13.1. The molecule has 0 aromatic rings. The topological polar surface area (TPSA) is 149 Å². The summed E-state index contributed by atoms with van der Waals surface area (Å²) in [5.74, 6) is -0.189. The van der Waals surface area contributed by atoms with Crippen LogP contribution in [0, 0.1) is 0 Å². The number of aliphatic hydroxyl groups excluding tert-OH is 5. The van der Waals surface area contributed by atoms with Crippen LogP contribution in [0.4, 0.5) is 0 Å². The highest BCUT2D eigenvalue weighted by Crippen LogP contribution is 2.23. The highest BCUT2D eigenvalue weighted by Gasteiger charge is 2.44. The van der Waals surface area contributed by atoms with Gasteiger partial charge in [0.1, 0.15) is 24.4 Å². The van der Waals surface area contributed by atoms with Crippen molar-refractivity contribution in [3.63, 3.8) is 0 Å². The van der Waals surface area contributed by atoms with Gasteiger partial charge in [-0.1, -0.05) is 266 Å². The van der Waals surface area contributed by atoms with Crippen LogP contribution in [-0.4, -0.2) is 87.5 Å². The van der Waals surface area contributed by atoms with Crippen LogP contribution in [0.5, 0.6) is 0 Å². The van der Waals surface area contributed by atoms with Crippen LogP contribution in [0.1, 0.15) is 271 Å². The lowest BCUT2D eigenvalue weighted by molar-refractivity contribution is -0.302. The van der Waals surface area contributed by atoms with Gasteiger partial charge in [0.05, 0.1) is 25.4 Å². The van der Waals surface area contributed by atoms with Crippen molar-refractivity contribution >= 4 is 5.91 Å². The zero-order valence-electron chi connectivity index (χ0n) is 48.3. The third-order valence-electron chi connectivity index (χ3n) is 14.4. The van der Waals surface area contributed by atoms with Crippen molar-refractivity contribution in [2.75, 3.05) is 13.2 Å². The first-order valence-corrected chi connectivity index (χ1v) is 31.3. The summed E-state index contributed by atoms with van der Waals surface area (Å²) >= 11 is 0. The minimum atomic E-state index is -1.58. The first-order chi connectivity index (χ1) is 36.8. The first kappa shape index (κ1) is 70.4. The molecule has 1 aliphatic rings. The van der Waals surface area contributed by atoms with Crippen LogP contribution in [0.2, 0.25) is 0 Å². The highest BCUT2D eigenvalue weighted by atomic mass is 16.7. The SMILES string of the molecule is CC/C=C\C/C=C\C/C=C\C/C=C\CCCCCCCCCCCCCCCCCCCCCCC(=O)NC(COC1OC(CO)C(O)C(O)C1O)C(O)/C=C/CC/C=C/CC/C=C/CCCCCCCCCCC. The molecule has 0 bridgehead atoms. The van der Waals surface area contributed by atoms with E-state index in [9.17, 15) is 30.3 Å². The van der Waals surface area contributed by atoms with Gasteiger partial charge in [-0.2, -0.15) is 0 Å². The van der Waals surface area contributed by atoms with Crippen LogP contribution in [0.15, 0.2) is 85.1 Å². The smallest absolute Gasteiger partial charge is 0.220 e. The number of unbranched alkanes of at least 4 members (excludes halogenated alkanes) is 31. The zero-order chi connectivity index (χ0) is 54.3. The van der Waals surface area contributed by atoms with Gasteiger partial charge in [0.15, 0.2) is 6.29 Å². The Balaban J connectivity index is 2.16. The molecule has 75 heavy (non-hydrogen) atoms. The molecular formula is C66H117NO8. The quantitative estimate of drug-likeness (QED) is 0.0261. The highest BCUT2D eigenvalue weighted by molar-refractivity contribution is 5.76. The Morgan fingerprint density at radius 3 is 1.28 bits per heavy atom. The number of carbonyl (C=O) groups is 1. The summed E-state index contributed by atoms with van der Waals surface area (Å²) < 4.78 is 11.3. The summed E-state index contributed by atoms with van der Waals surface area (Å²) in [6.45, 7) is 3.66. The van der Waals surface area contributed by atoms with Gasteiger partial charge in [0.25, 0.3) is 0 Å². The van der Waals surface area contributed by atoms with E-state index in [4.69, 9.17) is 9.47 Å². The maximum Gasteiger partial charge on any atom is 0.220 e. The van der Waals surface area contributed by atoms with E-state index in [1.54, 1.807) is 6.08 Å². The first-order valence-electron chi connectivity index (χ1n) is 31.3. The fourth-order valence-corrected chi connectivity index (χ4v) is 9.53. The standard InChI is InChI=1S/C66H117NO8/c1-3-5-7-9-11-13-15-17-19-21-23-24-25-26-27-28-29-30-31-32-33-34-35-36-38-40-42-44-46-48-50-52-54-56-62(70)67-59(58-74-66-65(73)64(72)63(71)61(57-68)75-66)60(69)55-53-51-49-47-45-43-41-39-37-22-20-18-16-14-12-10-8-6-4-2/h5,7,11,13,17,19,23-24,37,39,45,47,53,55,59-61,63-66,68-69,71-73H,3-4,6,8-10,12,14-16,18,20-22,25-36,38,40-44,46,48-52,54,56-58H2,1-2H3,(H,67,70)/b7-5-,13-11-,19-17-,24-23-,39-37+,47-45+,55-53+. The van der Waals surface area contributed by atoms with Gasteiger partial charge >= 0.3 is 0 Å². The van der Waals surface area contributed by atoms with Crippen molar-refractivity contribution in [3.05, 3.63) is 85.1 Å². The van der Waals surface area contributed by atoms with E-state index in [1.807, 2.05) is 6.08 Å². The average molecular weight is 1050 g/mol. The molecule has 6 N–H and O–H groups in total. The van der Waals surface area contributed by atoms with Gasteiger partial charge in [0.2, 0.25) is 5.91 Å². The Kier molecular flexibility index (Phi) is 51.3. The van der Waals surface area contributed by atoms with E-state index in [2.05, 4.69) is 92.1 Å². The van der Waals surface area contributed by atoms with Crippen LogP contribution >= 0.6 is 0 Å². The normalized spacial score (nSPS) is 19.5. The summed E-state index contributed by atoms with van der Waals surface area (Å²) in [7, 11) is 0. The van der Waals surface area contributed by atoms with Gasteiger partial charge in [0, 0.05) is 6.42 Å². The van der Waals surface area contributed by atoms with E-state index in [1.165, 1.54) is 180 Å². The van der Waals surface area contributed by atoms with Crippen LogP contribution in [0.3, 0.4) is 0 Å². The number of ether oxygens (including phenoxy) is 2. The van der Waals surface area contributed by atoms with Crippen molar-refractivity contribution in [1.29, 1.82) is 0 Å². The van der Waals surface area contributed by atoms with E-state index >= 15 is 0 Å². The van der Waals surface area contributed by atoms with E-state index in [0.29, 0.717) is 6.42 Å². The van der Waals surface area contributed by atoms with Gasteiger partial charge < -0.3 is 40.3 Å². The van der Waals surface area contributed by atoms with Crippen molar-refractivity contribution < 1.29 is 39.8 Å². The molecule has 9 heteroatoms. The summed E-state index contributed by atoms with van der Waals surface area (Å²) in [6.07, 6.45) is 71.0. The van der Waals surface area contributed by atoms with Crippen molar-refractivity contribution in [2.24, 2.45) is 0 Å². The molecule has 1 aliphatic heterocycles. The molecule has 1 rings (SSSR count). The van der Waals surface area contributed by atoms with Crippen LogP contribution in [-0.2, 0) is 14.3 Å². The monoisotopic (exact) mass is 1050 g/mol. The van der Waals surface area contributed by atoms with Gasteiger partial charge in [-0.25, -0.2) is 0 Å². The summed E-state index contributed by atoms with van der Waals surface area (Å²) in [5.41, 5.74) is 0. The number of hydrogen-bond acceptors (Lipinski definition) is 8. The van der Waals surface area contributed by atoms with Crippen LogP contribution < -0.4 is 5.32 Å². The molecule has 1 heterocycles. The summed E-state index contributed by atoms with van der Waals surface area (Å²) in [6, 6.07) is -0.831. The van der Waals surface area contributed by atoms with Crippen molar-refractivity contribution in [2.45, 2.75) is 314 Å². The van der Waals surface area contributed by atoms with E-state index < -0.39 is 49.5 Å². The molecule has 0 saturated carbocycles. The van der Waals surface area contributed by atoms with E-state index in [-0.39, 0.29) is 12.5 Å². The largest absolute Gasteiger partial charge is 0.394 e. The lowest BCUT2D eigenvalue weighted by atomic mass is 9.99. The Morgan fingerprint density at radius 1 is 0.467 bits per heavy atom.